The minimum atomic E-state index is 0.0237. The van der Waals surface area contributed by atoms with E-state index in [1.807, 2.05) is 38.1 Å². The predicted molar refractivity (Wildman–Crippen MR) is 107 cm³/mol. The van der Waals surface area contributed by atoms with Crippen LogP contribution < -0.4 is 16.0 Å². The molecule has 0 saturated heterocycles. The number of hydrogen-bond donors (Lipinski definition) is 3. The maximum Gasteiger partial charge on any atom is 0.227 e. The van der Waals surface area contributed by atoms with Crippen LogP contribution in [0.5, 0.6) is 0 Å². The zero-order valence-corrected chi connectivity index (χ0v) is 16.4. The minimum Gasteiger partial charge on any atom is -0.356 e. The molecule has 0 bridgehead atoms. The topological polar surface area (TPSA) is 65.5 Å². The molecule has 25 heavy (non-hydrogen) atoms. The molecule has 0 aliphatic carbocycles. The molecule has 0 heterocycles. The van der Waals surface area contributed by atoms with Crippen molar-refractivity contribution in [2.24, 2.45) is 16.8 Å². The van der Waals surface area contributed by atoms with E-state index in [1.54, 1.807) is 7.05 Å². The summed E-state index contributed by atoms with van der Waals surface area (Å²) in [7, 11) is 1.78. The van der Waals surface area contributed by atoms with E-state index in [2.05, 4.69) is 34.8 Å². The Hall–Kier alpha value is -2.04. The van der Waals surface area contributed by atoms with Crippen molar-refractivity contribution in [2.75, 3.05) is 18.9 Å². The fourth-order valence-electron chi connectivity index (χ4n) is 2.33. The third kappa shape index (κ3) is 8.57. The van der Waals surface area contributed by atoms with E-state index in [1.165, 1.54) is 6.42 Å². The van der Waals surface area contributed by atoms with Crippen molar-refractivity contribution in [1.29, 1.82) is 0 Å². The van der Waals surface area contributed by atoms with Crippen LogP contribution in [-0.2, 0) is 11.3 Å². The molecule has 0 saturated carbocycles. The third-order valence-corrected chi connectivity index (χ3v) is 4.19. The summed E-state index contributed by atoms with van der Waals surface area (Å²) in [6, 6.07) is 7.92. The van der Waals surface area contributed by atoms with Gasteiger partial charge in [0.1, 0.15) is 0 Å². The summed E-state index contributed by atoms with van der Waals surface area (Å²) in [6.07, 6.45) is 3.18. The molecule has 0 spiro atoms. The molecule has 3 N–H and O–H groups in total. The summed E-state index contributed by atoms with van der Waals surface area (Å²) in [5, 5.41) is 9.62. The van der Waals surface area contributed by atoms with Gasteiger partial charge in [-0.15, -0.1) is 0 Å². The van der Waals surface area contributed by atoms with Crippen molar-refractivity contribution >= 4 is 17.6 Å². The number of benzene rings is 1. The van der Waals surface area contributed by atoms with Gasteiger partial charge in [-0.25, -0.2) is 0 Å². The van der Waals surface area contributed by atoms with Gasteiger partial charge >= 0.3 is 0 Å². The zero-order valence-electron chi connectivity index (χ0n) is 16.4. The Morgan fingerprint density at radius 3 is 2.60 bits per heavy atom. The second kappa shape index (κ2) is 11.5. The molecule has 1 aromatic rings. The van der Waals surface area contributed by atoms with E-state index in [-0.39, 0.29) is 11.8 Å². The van der Waals surface area contributed by atoms with E-state index >= 15 is 0 Å². The Labute approximate surface area is 152 Å². The predicted octanol–water partition coefficient (Wildman–Crippen LogP) is 3.77. The molecule has 0 aliphatic heterocycles. The van der Waals surface area contributed by atoms with E-state index in [0.717, 1.165) is 42.5 Å². The third-order valence-electron chi connectivity index (χ3n) is 4.19. The monoisotopic (exact) mass is 346 g/mol. The first-order chi connectivity index (χ1) is 12.0. The molecule has 5 heteroatoms. The summed E-state index contributed by atoms with van der Waals surface area (Å²) in [6.45, 7) is 10.0. The SMILES string of the molecule is CCC(C)C(=O)Nc1cccc(CNC(=NC)NCCCC(C)C)c1. The van der Waals surface area contributed by atoms with Crippen LogP contribution in [0.15, 0.2) is 29.3 Å². The fraction of sp³-hybridized carbons (Fsp3) is 0.600. The van der Waals surface area contributed by atoms with Gasteiger partial charge in [-0.3, -0.25) is 9.79 Å². The lowest BCUT2D eigenvalue weighted by atomic mass is 10.1. The molecule has 5 nitrogen and oxygen atoms in total. The molecule has 1 atom stereocenters. The largest absolute Gasteiger partial charge is 0.356 e. The van der Waals surface area contributed by atoms with E-state index in [0.29, 0.717) is 6.54 Å². The fourth-order valence-corrected chi connectivity index (χ4v) is 2.33. The minimum absolute atomic E-state index is 0.0237. The number of aliphatic imine (C=N–C) groups is 1. The van der Waals surface area contributed by atoms with Gasteiger partial charge in [0, 0.05) is 31.7 Å². The molecule has 1 rings (SSSR count). The Bertz CT molecular complexity index is 554. The number of guanidine groups is 1. The van der Waals surface area contributed by atoms with Crippen LogP contribution in [0, 0.1) is 11.8 Å². The second-order valence-corrected chi connectivity index (χ2v) is 6.89. The quantitative estimate of drug-likeness (QED) is 0.362. The number of carbonyl (C=O) groups excluding carboxylic acids is 1. The maximum absolute atomic E-state index is 12.0. The molecular formula is C20H34N4O. The van der Waals surface area contributed by atoms with Gasteiger partial charge in [-0.05, 0) is 42.9 Å². The number of anilines is 1. The number of nitrogens with zero attached hydrogens (tertiary/aromatic N) is 1. The van der Waals surface area contributed by atoms with Crippen molar-refractivity contribution < 1.29 is 4.79 Å². The number of nitrogens with one attached hydrogen (secondary N) is 3. The molecule has 1 aromatic carbocycles. The van der Waals surface area contributed by atoms with Crippen molar-refractivity contribution in [2.45, 2.75) is 53.5 Å². The highest BCUT2D eigenvalue weighted by molar-refractivity contribution is 5.92. The van der Waals surface area contributed by atoms with Crippen LogP contribution in [-0.4, -0.2) is 25.5 Å². The Morgan fingerprint density at radius 2 is 1.96 bits per heavy atom. The Kier molecular flexibility index (Phi) is 9.66. The van der Waals surface area contributed by atoms with Crippen molar-refractivity contribution in [3.05, 3.63) is 29.8 Å². The van der Waals surface area contributed by atoms with Gasteiger partial charge in [-0.2, -0.15) is 0 Å². The molecule has 1 unspecified atom stereocenters. The number of rotatable bonds is 9. The van der Waals surface area contributed by atoms with Gasteiger partial charge in [0.2, 0.25) is 5.91 Å². The number of hydrogen-bond acceptors (Lipinski definition) is 2. The Balaban J connectivity index is 2.48. The van der Waals surface area contributed by atoms with Gasteiger partial charge in [0.05, 0.1) is 0 Å². The van der Waals surface area contributed by atoms with Crippen LogP contribution in [0.4, 0.5) is 5.69 Å². The van der Waals surface area contributed by atoms with E-state index in [4.69, 9.17) is 0 Å². The molecule has 0 aliphatic rings. The highest BCUT2D eigenvalue weighted by Gasteiger charge is 2.10. The van der Waals surface area contributed by atoms with Gasteiger partial charge in [-0.1, -0.05) is 39.8 Å². The number of carbonyl (C=O) groups is 1. The number of amides is 1. The summed E-state index contributed by atoms with van der Waals surface area (Å²) in [4.78, 5) is 16.3. The first-order valence-electron chi connectivity index (χ1n) is 9.30. The summed E-state index contributed by atoms with van der Waals surface area (Å²) >= 11 is 0. The highest BCUT2D eigenvalue weighted by Crippen LogP contribution is 2.13. The molecule has 1 amide bonds. The summed E-state index contributed by atoms with van der Waals surface area (Å²) < 4.78 is 0. The van der Waals surface area contributed by atoms with Crippen molar-refractivity contribution in [3.63, 3.8) is 0 Å². The van der Waals surface area contributed by atoms with Crippen LogP contribution >= 0.6 is 0 Å². The first-order valence-corrected chi connectivity index (χ1v) is 9.30. The normalized spacial score (nSPS) is 12.8. The average Bonchev–Trinajstić information content (AvgIpc) is 2.60. The standard InChI is InChI=1S/C20H34N4O/c1-6-16(4)19(25)24-18-11-7-10-17(13-18)14-23-20(21-5)22-12-8-9-15(2)3/h7,10-11,13,15-16H,6,8-9,12,14H2,1-5H3,(H,24,25)(H2,21,22,23). The Morgan fingerprint density at radius 1 is 1.20 bits per heavy atom. The van der Waals surface area contributed by atoms with Crippen LogP contribution in [0.3, 0.4) is 0 Å². The molecule has 140 valence electrons. The maximum atomic E-state index is 12.0. The molecule has 0 aromatic heterocycles. The first kappa shape index (κ1) is 21.0. The average molecular weight is 347 g/mol. The van der Waals surface area contributed by atoms with Crippen molar-refractivity contribution in [3.8, 4) is 0 Å². The van der Waals surface area contributed by atoms with Crippen LogP contribution in [0.1, 0.15) is 52.5 Å². The lowest BCUT2D eigenvalue weighted by molar-refractivity contribution is -0.119. The van der Waals surface area contributed by atoms with E-state index < -0.39 is 0 Å². The van der Waals surface area contributed by atoms with Crippen LogP contribution in [0.25, 0.3) is 0 Å². The van der Waals surface area contributed by atoms with Gasteiger partial charge < -0.3 is 16.0 Å². The van der Waals surface area contributed by atoms with Crippen LogP contribution in [0.2, 0.25) is 0 Å². The smallest absolute Gasteiger partial charge is 0.227 e. The van der Waals surface area contributed by atoms with Crippen molar-refractivity contribution in [1.82, 2.24) is 10.6 Å². The highest BCUT2D eigenvalue weighted by atomic mass is 16.1. The molecule has 0 radical (unpaired) electrons. The molecule has 0 fully saturated rings. The lowest BCUT2D eigenvalue weighted by Gasteiger charge is -2.14. The summed E-state index contributed by atoms with van der Waals surface area (Å²) in [5.41, 5.74) is 1.94. The van der Waals surface area contributed by atoms with Gasteiger partial charge in [0.25, 0.3) is 0 Å². The second-order valence-electron chi connectivity index (χ2n) is 6.89. The molecular weight excluding hydrogens is 312 g/mol. The lowest BCUT2D eigenvalue weighted by Crippen LogP contribution is -2.37. The van der Waals surface area contributed by atoms with Gasteiger partial charge in [0.15, 0.2) is 5.96 Å². The van der Waals surface area contributed by atoms with E-state index in [9.17, 15) is 4.79 Å². The summed E-state index contributed by atoms with van der Waals surface area (Å²) in [5.74, 6) is 1.62. The zero-order chi connectivity index (χ0) is 18.7.